The number of amides is 1. The quantitative estimate of drug-likeness (QED) is 0.787. The number of halogens is 3. The second-order valence-electron chi connectivity index (χ2n) is 5.02. The van der Waals surface area contributed by atoms with Crippen LogP contribution in [0.25, 0.3) is 10.6 Å². The topological polar surface area (TPSA) is 54.0 Å². The minimum absolute atomic E-state index is 0. The predicted molar refractivity (Wildman–Crippen MR) is 99.9 cm³/mol. The molecule has 0 bridgehead atoms. The summed E-state index contributed by atoms with van der Waals surface area (Å²) in [4.78, 5) is 16.4. The Hall–Kier alpha value is -1.47. The van der Waals surface area contributed by atoms with Gasteiger partial charge in [0.1, 0.15) is 16.5 Å². The molecule has 0 radical (unpaired) electrons. The van der Waals surface area contributed by atoms with E-state index in [4.69, 9.17) is 0 Å². The van der Waals surface area contributed by atoms with E-state index in [-0.39, 0.29) is 36.5 Å². The van der Waals surface area contributed by atoms with E-state index in [1.807, 2.05) is 0 Å². The molecule has 130 valence electrons. The van der Waals surface area contributed by atoms with Crippen molar-refractivity contribution in [1.29, 1.82) is 0 Å². The Morgan fingerprint density at radius 1 is 1.33 bits per heavy atom. The molecule has 0 fully saturated rings. The molecule has 2 N–H and O–H groups in total. The zero-order valence-electron chi connectivity index (χ0n) is 12.8. The highest BCUT2D eigenvalue weighted by Gasteiger charge is 2.14. The van der Waals surface area contributed by atoms with Crippen molar-refractivity contribution in [3.8, 4) is 10.6 Å². The Morgan fingerprint density at radius 3 is 2.83 bits per heavy atom. The van der Waals surface area contributed by atoms with Crippen molar-refractivity contribution in [2.75, 3.05) is 19.6 Å². The normalized spacial score (nSPS) is 13.3. The van der Waals surface area contributed by atoms with Gasteiger partial charge in [0.15, 0.2) is 0 Å². The lowest BCUT2D eigenvalue weighted by atomic mass is 10.1. The smallest absolute Gasteiger partial charge is 0.271 e. The third kappa shape index (κ3) is 5.01. The fourth-order valence-electron chi connectivity index (χ4n) is 2.25. The second-order valence-corrected chi connectivity index (χ2v) is 5.88. The fourth-order valence-corrected chi connectivity index (χ4v) is 3.08. The van der Waals surface area contributed by atoms with Crippen LogP contribution in [-0.4, -0.2) is 30.5 Å². The number of rotatable bonds is 4. The van der Waals surface area contributed by atoms with Gasteiger partial charge in [0.25, 0.3) is 5.91 Å². The van der Waals surface area contributed by atoms with E-state index in [1.54, 1.807) is 23.6 Å². The number of thiazole rings is 1. The molecule has 1 aliphatic rings. The minimum Gasteiger partial charge on any atom is -0.347 e. The number of carbonyl (C=O) groups is 1. The van der Waals surface area contributed by atoms with Crippen LogP contribution in [0.5, 0.6) is 0 Å². The van der Waals surface area contributed by atoms with E-state index in [0.717, 1.165) is 19.5 Å². The first-order valence-electron chi connectivity index (χ1n) is 7.11. The molecule has 8 heteroatoms. The van der Waals surface area contributed by atoms with Crippen molar-refractivity contribution in [2.24, 2.45) is 0 Å². The molecule has 0 atom stereocenters. The number of hydrogen-bond donors (Lipinski definition) is 2. The lowest BCUT2D eigenvalue weighted by Crippen LogP contribution is -2.29. The number of carbonyl (C=O) groups excluding carboxylic acids is 1. The van der Waals surface area contributed by atoms with E-state index in [2.05, 4.69) is 21.7 Å². The van der Waals surface area contributed by atoms with Gasteiger partial charge >= 0.3 is 0 Å². The highest BCUT2D eigenvalue weighted by atomic mass is 35.5. The van der Waals surface area contributed by atoms with Crippen molar-refractivity contribution in [2.45, 2.75) is 6.42 Å². The van der Waals surface area contributed by atoms with E-state index in [1.165, 1.54) is 23.0 Å². The molecule has 0 unspecified atom stereocenters. The molecule has 1 aromatic heterocycles. The van der Waals surface area contributed by atoms with Gasteiger partial charge in [-0.15, -0.1) is 36.2 Å². The lowest BCUT2D eigenvalue weighted by molar-refractivity contribution is 0.0952. The van der Waals surface area contributed by atoms with Gasteiger partial charge in [0.2, 0.25) is 0 Å². The van der Waals surface area contributed by atoms with Gasteiger partial charge in [0.05, 0.1) is 0 Å². The monoisotopic (exact) mass is 389 g/mol. The molecule has 2 heterocycles. The molecule has 3 rings (SSSR count). The molecule has 1 aliphatic heterocycles. The molecule has 1 amide bonds. The maximum atomic E-state index is 13.7. The average Bonchev–Trinajstić information content (AvgIpc) is 3.04. The Bertz CT molecular complexity index is 721. The summed E-state index contributed by atoms with van der Waals surface area (Å²) < 4.78 is 13.7. The molecule has 24 heavy (non-hydrogen) atoms. The van der Waals surface area contributed by atoms with Crippen LogP contribution in [0.15, 0.2) is 41.3 Å². The number of hydrogen-bond acceptors (Lipinski definition) is 4. The summed E-state index contributed by atoms with van der Waals surface area (Å²) >= 11 is 1.27. The van der Waals surface area contributed by atoms with Gasteiger partial charge in [0, 0.05) is 24.0 Å². The van der Waals surface area contributed by atoms with Crippen molar-refractivity contribution in [1.82, 2.24) is 15.6 Å². The molecule has 4 nitrogen and oxygen atoms in total. The predicted octanol–water partition coefficient (Wildman–Crippen LogP) is 3.44. The van der Waals surface area contributed by atoms with Gasteiger partial charge in [-0.1, -0.05) is 23.8 Å². The highest BCUT2D eigenvalue weighted by molar-refractivity contribution is 7.13. The van der Waals surface area contributed by atoms with Crippen molar-refractivity contribution >= 4 is 42.1 Å². The summed E-state index contributed by atoms with van der Waals surface area (Å²) in [5, 5.41) is 8.27. The summed E-state index contributed by atoms with van der Waals surface area (Å²) in [5.74, 6) is -0.554. The van der Waals surface area contributed by atoms with E-state index >= 15 is 0 Å². The summed E-state index contributed by atoms with van der Waals surface area (Å²) in [6.45, 7) is 2.32. The summed E-state index contributed by atoms with van der Waals surface area (Å²) in [6, 6.07) is 6.44. The average molecular weight is 390 g/mol. The summed E-state index contributed by atoms with van der Waals surface area (Å²) in [5.41, 5.74) is 1.97. The Balaban J connectivity index is 0.00000144. The van der Waals surface area contributed by atoms with Gasteiger partial charge in [-0.2, -0.15) is 0 Å². The third-order valence-electron chi connectivity index (χ3n) is 3.48. The van der Waals surface area contributed by atoms with Gasteiger partial charge in [-0.05, 0) is 25.1 Å². The number of aromatic nitrogens is 1. The summed E-state index contributed by atoms with van der Waals surface area (Å²) in [6.07, 6.45) is 3.04. The maximum Gasteiger partial charge on any atom is 0.271 e. The first-order valence-corrected chi connectivity index (χ1v) is 7.99. The van der Waals surface area contributed by atoms with Crippen LogP contribution in [0.3, 0.4) is 0 Å². The van der Waals surface area contributed by atoms with Gasteiger partial charge in [-0.3, -0.25) is 4.79 Å². The Labute approximate surface area is 156 Å². The minimum atomic E-state index is -0.330. The SMILES string of the molecule is Cl.Cl.O=C(NCC1=CCNCC1)c1csc(-c2ccccc2F)n1. The zero-order chi connectivity index (χ0) is 15.4. The van der Waals surface area contributed by atoms with Gasteiger partial charge < -0.3 is 10.6 Å². The third-order valence-corrected chi connectivity index (χ3v) is 4.35. The Kier molecular flexibility index (Phi) is 8.35. The second kappa shape index (κ2) is 9.74. The fraction of sp³-hybridized carbons (Fsp3) is 0.250. The highest BCUT2D eigenvalue weighted by Crippen LogP contribution is 2.26. The number of nitrogens with zero attached hydrogens (tertiary/aromatic N) is 1. The van der Waals surface area contributed by atoms with Crippen LogP contribution < -0.4 is 10.6 Å². The van der Waals surface area contributed by atoms with E-state index < -0.39 is 0 Å². The van der Waals surface area contributed by atoms with Crippen LogP contribution in [-0.2, 0) is 0 Å². The maximum absolute atomic E-state index is 13.7. The van der Waals surface area contributed by atoms with Gasteiger partial charge in [-0.25, -0.2) is 9.37 Å². The standard InChI is InChI=1S/C16H16FN3OS.2ClH/c17-13-4-2-1-3-12(13)16-20-14(10-22-16)15(21)19-9-11-5-7-18-8-6-11;;/h1-5,10,18H,6-9H2,(H,19,21);2*1H. The molecule has 0 saturated carbocycles. The van der Waals surface area contributed by atoms with Crippen LogP contribution in [0.2, 0.25) is 0 Å². The lowest BCUT2D eigenvalue weighted by Gasteiger charge is -2.14. The van der Waals surface area contributed by atoms with Crippen LogP contribution in [0, 0.1) is 5.82 Å². The van der Waals surface area contributed by atoms with Crippen molar-refractivity contribution in [3.05, 3.63) is 52.8 Å². The zero-order valence-corrected chi connectivity index (χ0v) is 15.2. The molecular weight excluding hydrogens is 372 g/mol. The number of nitrogens with one attached hydrogen (secondary N) is 2. The van der Waals surface area contributed by atoms with Crippen molar-refractivity contribution < 1.29 is 9.18 Å². The van der Waals surface area contributed by atoms with E-state index in [0.29, 0.717) is 22.8 Å². The van der Waals surface area contributed by atoms with Crippen LogP contribution >= 0.6 is 36.2 Å². The molecular formula is C16H18Cl2FN3OS. The van der Waals surface area contributed by atoms with Crippen molar-refractivity contribution in [3.63, 3.8) is 0 Å². The molecule has 0 spiro atoms. The first-order chi connectivity index (χ1) is 10.7. The van der Waals surface area contributed by atoms with Crippen LogP contribution in [0.4, 0.5) is 4.39 Å². The van der Waals surface area contributed by atoms with Crippen LogP contribution in [0.1, 0.15) is 16.9 Å². The Morgan fingerprint density at radius 2 is 2.12 bits per heavy atom. The molecule has 0 aliphatic carbocycles. The largest absolute Gasteiger partial charge is 0.347 e. The summed E-state index contributed by atoms with van der Waals surface area (Å²) in [7, 11) is 0. The first kappa shape index (κ1) is 20.6. The molecule has 2 aromatic rings. The molecule has 1 aromatic carbocycles. The molecule has 0 saturated heterocycles. The van der Waals surface area contributed by atoms with E-state index in [9.17, 15) is 9.18 Å². The number of benzene rings is 1.